The molecule has 0 aromatic rings. The Morgan fingerprint density at radius 2 is 1.45 bits per heavy atom. The van der Waals surface area contributed by atoms with Gasteiger partial charge in [0.15, 0.2) is 0 Å². The molecule has 0 heterocycles. The van der Waals surface area contributed by atoms with Crippen molar-refractivity contribution in [2.45, 2.75) is 79.6 Å². The molecule has 0 atom stereocenters. The average molecular weight is 318 g/mol. The highest BCUT2D eigenvalue weighted by atomic mass is 17.7. The van der Waals surface area contributed by atoms with E-state index in [-0.39, 0.29) is 5.92 Å². The summed E-state index contributed by atoms with van der Waals surface area (Å²) in [7, 11) is 0. The number of rotatable bonds is 12. The summed E-state index contributed by atoms with van der Waals surface area (Å²) in [5.41, 5.74) is -0.585. The quantitative estimate of drug-likeness (QED) is 0.304. The fraction of sp³-hybridized carbons (Fsp3) is 0.875. The number of hydrogen-bond donors (Lipinski definition) is 0. The smallest absolute Gasteiger partial charge is 0.266 e. The van der Waals surface area contributed by atoms with Crippen LogP contribution in [0.3, 0.4) is 0 Å². The zero-order valence-corrected chi connectivity index (χ0v) is 14.5. The molecule has 0 aromatic heterocycles. The summed E-state index contributed by atoms with van der Waals surface area (Å²) in [5, 5.41) is 8.55. The molecule has 130 valence electrons. The van der Waals surface area contributed by atoms with Crippen molar-refractivity contribution in [2.24, 2.45) is 11.3 Å². The highest BCUT2D eigenvalue weighted by molar-refractivity contribution is 5.76. The molecule has 0 unspecified atom stereocenters. The molecule has 0 saturated heterocycles. The van der Waals surface area contributed by atoms with Crippen LogP contribution in [-0.4, -0.2) is 11.9 Å². The molecule has 0 aliphatic heterocycles. The Morgan fingerprint density at radius 3 is 1.91 bits per heavy atom. The molecule has 0 radical (unpaired) electrons. The molecule has 0 aliphatic carbocycles. The number of hydrogen-bond acceptors (Lipinski definition) is 6. The van der Waals surface area contributed by atoms with Gasteiger partial charge in [0, 0.05) is 10.1 Å². The van der Waals surface area contributed by atoms with Crippen LogP contribution >= 0.6 is 0 Å². The SMILES string of the molecule is CCCCC(CC)(CC)C(=O)OOOOC(=O)C(CC)CC. The van der Waals surface area contributed by atoms with E-state index in [0.717, 1.165) is 19.3 Å². The van der Waals surface area contributed by atoms with Gasteiger partial charge in [-0.15, -0.1) is 0 Å². The lowest BCUT2D eigenvalue weighted by Gasteiger charge is -2.27. The minimum atomic E-state index is -0.585. The second kappa shape index (κ2) is 11.4. The topological polar surface area (TPSA) is 71.1 Å². The Bertz CT molecular complexity index is 321. The molecule has 0 N–H and O–H groups in total. The number of carbonyl (C=O) groups excluding carboxylic acids is 2. The van der Waals surface area contributed by atoms with Crippen molar-refractivity contribution in [3.63, 3.8) is 0 Å². The first-order chi connectivity index (χ1) is 10.5. The van der Waals surface area contributed by atoms with Crippen molar-refractivity contribution in [3.05, 3.63) is 0 Å². The van der Waals surface area contributed by atoms with Crippen LogP contribution in [0.4, 0.5) is 0 Å². The van der Waals surface area contributed by atoms with Crippen LogP contribution in [-0.2, 0) is 29.4 Å². The zero-order valence-electron chi connectivity index (χ0n) is 14.5. The largest absolute Gasteiger partial charge is 0.351 e. The third kappa shape index (κ3) is 6.32. The number of carbonyl (C=O) groups is 2. The van der Waals surface area contributed by atoms with Crippen LogP contribution in [0.1, 0.15) is 79.6 Å². The van der Waals surface area contributed by atoms with Crippen molar-refractivity contribution in [1.82, 2.24) is 0 Å². The van der Waals surface area contributed by atoms with Gasteiger partial charge in [-0.25, -0.2) is 9.59 Å². The third-order valence-corrected chi connectivity index (χ3v) is 4.37. The summed E-state index contributed by atoms with van der Waals surface area (Å²) in [6.07, 6.45) is 5.25. The van der Waals surface area contributed by atoms with Crippen LogP contribution in [0.15, 0.2) is 0 Å². The molecule has 0 bridgehead atoms. The van der Waals surface area contributed by atoms with Gasteiger partial charge in [-0.05, 0) is 32.1 Å². The van der Waals surface area contributed by atoms with Crippen molar-refractivity contribution in [3.8, 4) is 0 Å². The Balaban J connectivity index is 4.27. The van der Waals surface area contributed by atoms with Crippen molar-refractivity contribution in [1.29, 1.82) is 0 Å². The molecule has 6 heteroatoms. The summed E-state index contributed by atoms with van der Waals surface area (Å²) in [6.45, 7) is 9.70. The van der Waals surface area contributed by atoms with Gasteiger partial charge in [0.2, 0.25) is 0 Å². The standard InChI is InChI=1S/C16H30O6/c1-6-11-12-16(9-4,10-5)15(18)20-22-21-19-14(17)13(7-2)8-3/h13H,6-12H2,1-5H3. The minimum absolute atomic E-state index is 0.255. The highest BCUT2D eigenvalue weighted by Crippen LogP contribution is 2.34. The monoisotopic (exact) mass is 318 g/mol. The van der Waals surface area contributed by atoms with E-state index in [2.05, 4.69) is 26.8 Å². The zero-order chi connectivity index (χ0) is 17.0. The molecule has 0 spiro atoms. The molecule has 0 amide bonds. The molecule has 22 heavy (non-hydrogen) atoms. The van der Waals surface area contributed by atoms with E-state index in [1.54, 1.807) is 0 Å². The maximum Gasteiger partial charge on any atom is 0.351 e. The molecular formula is C16H30O6. The first-order valence-corrected chi connectivity index (χ1v) is 8.27. The van der Waals surface area contributed by atoms with E-state index < -0.39 is 17.4 Å². The highest BCUT2D eigenvalue weighted by Gasteiger charge is 2.37. The van der Waals surface area contributed by atoms with Crippen LogP contribution < -0.4 is 0 Å². The van der Waals surface area contributed by atoms with E-state index in [1.807, 2.05) is 27.7 Å². The lowest BCUT2D eigenvalue weighted by atomic mass is 9.78. The first kappa shape index (κ1) is 20.9. The Kier molecular flexibility index (Phi) is 10.8. The molecule has 0 rings (SSSR count). The summed E-state index contributed by atoms with van der Waals surface area (Å²) in [6, 6.07) is 0. The van der Waals surface area contributed by atoms with E-state index in [9.17, 15) is 9.59 Å². The second-order valence-corrected chi connectivity index (χ2v) is 5.51. The Labute approximate surface area is 133 Å². The van der Waals surface area contributed by atoms with E-state index >= 15 is 0 Å². The summed E-state index contributed by atoms with van der Waals surface area (Å²) in [4.78, 5) is 32.8. The van der Waals surface area contributed by atoms with E-state index in [1.165, 1.54) is 0 Å². The van der Waals surface area contributed by atoms with Gasteiger partial charge >= 0.3 is 11.9 Å². The first-order valence-electron chi connectivity index (χ1n) is 8.27. The van der Waals surface area contributed by atoms with Gasteiger partial charge in [-0.1, -0.05) is 47.5 Å². The lowest BCUT2D eigenvalue weighted by Crippen LogP contribution is -2.32. The maximum absolute atomic E-state index is 12.2. The van der Waals surface area contributed by atoms with Crippen molar-refractivity contribution in [2.75, 3.05) is 0 Å². The predicted molar refractivity (Wildman–Crippen MR) is 81.0 cm³/mol. The van der Waals surface area contributed by atoms with Gasteiger partial charge in [0.25, 0.3) is 0 Å². The van der Waals surface area contributed by atoms with E-state index in [0.29, 0.717) is 25.7 Å². The molecular weight excluding hydrogens is 288 g/mol. The van der Waals surface area contributed by atoms with Crippen LogP contribution in [0.2, 0.25) is 0 Å². The van der Waals surface area contributed by atoms with Crippen LogP contribution in [0.5, 0.6) is 0 Å². The predicted octanol–water partition coefficient (Wildman–Crippen LogP) is 4.28. The summed E-state index contributed by atoms with van der Waals surface area (Å²) < 4.78 is 0. The minimum Gasteiger partial charge on any atom is -0.266 e. The van der Waals surface area contributed by atoms with Crippen molar-refractivity contribution >= 4 is 11.9 Å². The van der Waals surface area contributed by atoms with Gasteiger partial charge in [-0.2, -0.15) is 0 Å². The second-order valence-electron chi connectivity index (χ2n) is 5.51. The normalized spacial score (nSPS) is 11.5. The molecule has 0 aromatic carbocycles. The van der Waals surface area contributed by atoms with Gasteiger partial charge in [0.1, 0.15) is 0 Å². The fourth-order valence-electron chi connectivity index (χ4n) is 2.38. The third-order valence-electron chi connectivity index (χ3n) is 4.37. The van der Waals surface area contributed by atoms with Gasteiger partial charge < -0.3 is 0 Å². The van der Waals surface area contributed by atoms with E-state index in [4.69, 9.17) is 0 Å². The van der Waals surface area contributed by atoms with Crippen LogP contribution in [0.25, 0.3) is 0 Å². The average Bonchev–Trinajstić information content (AvgIpc) is 2.54. The fourth-order valence-corrected chi connectivity index (χ4v) is 2.38. The molecule has 6 nitrogen and oxygen atoms in total. The number of unbranched alkanes of at least 4 members (excludes halogenated alkanes) is 1. The van der Waals surface area contributed by atoms with Crippen molar-refractivity contribution < 1.29 is 29.4 Å². The summed E-state index contributed by atoms with van der Waals surface area (Å²) >= 11 is 0. The van der Waals surface area contributed by atoms with Gasteiger partial charge in [0.05, 0.1) is 11.3 Å². The lowest BCUT2D eigenvalue weighted by molar-refractivity contribution is -0.602. The molecule has 0 saturated carbocycles. The molecule has 0 aliphatic rings. The van der Waals surface area contributed by atoms with Crippen LogP contribution in [0, 0.1) is 11.3 Å². The maximum atomic E-state index is 12.2. The Hall–Kier alpha value is -1.14. The summed E-state index contributed by atoms with van der Waals surface area (Å²) in [5.74, 6) is -1.29. The van der Waals surface area contributed by atoms with Gasteiger partial charge in [-0.3, -0.25) is 9.78 Å². The molecule has 0 fully saturated rings. The Morgan fingerprint density at radius 1 is 0.909 bits per heavy atom.